The minimum absolute atomic E-state index is 0.300. The molecule has 3 aromatic heterocycles. The van der Waals surface area contributed by atoms with E-state index in [0.29, 0.717) is 5.95 Å². The van der Waals surface area contributed by atoms with Crippen LogP contribution in [-0.2, 0) is 6.42 Å². The number of rotatable bonds is 6. The molecule has 0 aliphatic heterocycles. The van der Waals surface area contributed by atoms with E-state index in [1.54, 1.807) is 12.5 Å². The van der Waals surface area contributed by atoms with E-state index in [2.05, 4.69) is 63.5 Å². The molecule has 0 amide bonds. The van der Waals surface area contributed by atoms with E-state index in [4.69, 9.17) is 5.73 Å². The Morgan fingerprint density at radius 3 is 2.85 bits per heavy atom. The van der Waals surface area contributed by atoms with Crippen molar-refractivity contribution in [2.24, 2.45) is 0 Å². The second-order valence-electron chi connectivity index (χ2n) is 6.56. The second kappa shape index (κ2) is 7.19. The first kappa shape index (κ1) is 17.2. The van der Waals surface area contributed by atoms with Crippen LogP contribution in [0.1, 0.15) is 32.3 Å². The number of aryl methyl sites for hydroxylation is 1. The average molecular weight is 361 g/mol. The molecule has 1 aromatic carbocycles. The largest absolute Gasteiger partial charge is 0.368 e. The van der Waals surface area contributed by atoms with Gasteiger partial charge in [0.2, 0.25) is 5.95 Å². The number of anilines is 2. The van der Waals surface area contributed by atoms with Crippen LogP contribution in [0, 0.1) is 0 Å². The second-order valence-corrected chi connectivity index (χ2v) is 6.56. The Balaban J connectivity index is 1.83. The Labute approximate surface area is 157 Å². The third kappa shape index (κ3) is 3.16. The Morgan fingerprint density at radius 2 is 2.04 bits per heavy atom. The van der Waals surface area contributed by atoms with Crippen molar-refractivity contribution in [2.45, 2.75) is 33.1 Å². The first-order valence-electron chi connectivity index (χ1n) is 9.33. The molecule has 4 rings (SSSR count). The van der Waals surface area contributed by atoms with Gasteiger partial charge in [0.05, 0.1) is 11.2 Å². The molecule has 7 nitrogen and oxygen atoms in total. The molecule has 3 heterocycles. The minimum atomic E-state index is 0.300. The molecule has 0 aliphatic rings. The summed E-state index contributed by atoms with van der Waals surface area (Å²) in [6.07, 6.45) is 6.49. The van der Waals surface area contributed by atoms with Gasteiger partial charge in [0, 0.05) is 23.7 Å². The standard InChI is InChI=1S/C20H23N7/c1-3-5-8-22-19-17-7-6-16(27(17)25-12-24-19)14-9-13(4-2)18-15(10-14)11-23-20(21)26-18/h6-7,9-12H,3-5,8H2,1-2H3,(H2,21,23,26)(H,22,24,25). The highest BCUT2D eigenvalue weighted by Gasteiger charge is 2.13. The van der Waals surface area contributed by atoms with Gasteiger partial charge in [-0.3, -0.25) is 0 Å². The Morgan fingerprint density at radius 1 is 1.15 bits per heavy atom. The number of nitrogen functional groups attached to an aromatic ring is 1. The summed E-state index contributed by atoms with van der Waals surface area (Å²) < 4.78 is 1.93. The number of hydrogen-bond donors (Lipinski definition) is 2. The highest BCUT2D eigenvalue weighted by molar-refractivity contribution is 5.88. The van der Waals surface area contributed by atoms with Crippen molar-refractivity contribution in [3.63, 3.8) is 0 Å². The van der Waals surface area contributed by atoms with E-state index < -0.39 is 0 Å². The topological polar surface area (TPSA) is 94.0 Å². The van der Waals surface area contributed by atoms with Crippen LogP contribution in [0.5, 0.6) is 0 Å². The quantitative estimate of drug-likeness (QED) is 0.509. The van der Waals surface area contributed by atoms with Crippen molar-refractivity contribution in [3.05, 3.63) is 42.4 Å². The summed E-state index contributed by atoms with van der Waals surface area (Å²) in [5, 5.41) is 8.85. The van der Waals surface area contributed by atoms with Gasteiger partial charge in [0.1, 0.15) is 11.8 Å². The Hall–Kier alpha value is -3.22. The molecular weight excluding hydrogens is 338 g/mol. The SMILES string of the molecule is CCCCNc1ncnn2c(-c3cc(CC)c4nc(N)ncc4c3)ccc12. The summed E-state index contributed by atoms with van der Waals surface area (Å²) in [6.45, 7) is 5.19. The van der Waals surface area contributed by atoms with Crippen molar-refractivity contribution in [1.82, 2.24) is 24.6 Å². The fourth-order valence-electron chi connectivity index (χ4n) is 3.32. The van der Waals surface area contributed by atoms with Gasteiger partial charge in [0.15, 0.2) is 5.82 Å². The number of unbranched alkanes of at least 4 members (excludes halogenated alkanes) is 1. The first-order valence-corrected chi connectivity index (χ1v) is 9.33. The molecular formula is C20H23N7. The Kier molecular flexibility index (Phi) is 4.58. The maximum Gasteiger partial charge on any atom is 0.220 e. The normalized spacial score (nSPS) is 11.3. The summed E-state index contributed by atoms with van der Waals surface area (Å²) in [5.41, 5.74) is 10.9. The van der Waals surface area contributed by atoms with E-state index in [-0.39, 0.29) is 0 Å². The zero-order valence-corrected chi connectivity index (χ0v) is 15.6. The summed E-state index contributed by atoms with van der Waals surface area (Å²) >= 11 is 0. The third-order valence-electron chi connectivity index (χ3n) is 4.73. The van der Waals surface area contributed by atoms with E-state index >= 15 is 0 Å². The summed E-state index contributed by atoms with van der Waals surface area (Å²) in [7, 11) is 0. The number of nitrogens with zero attached hydrogens (tertiary/aromatic N) is 5. The van der Waals surface area contributed by atoms with Gasteiger partial charge >= 0.3 is 0 Å². The number of benzene rings is 1. The van der Waals surface area contributed by atoms with Crippen molar-refractivity contribution in [2.75, 3.05) is 17.6 Å². The van der Waals surface area contributed by atoms with Crippen molar-refractivity contribution < 1.29 is 0 Å². The molecule has 0 unspecified atom stereocenters. The number of hydrogen-bond acceptors (Lipinski definition) is 6. The lowest BCUT2D eigenvalue weighted by Gasteiger charge is -2.10. The lowest BCUT2D eigenvalue weighted by molar-refractivity contribution is 0.826. The lowest BCUT2D eigenvalue weighted by atomic mass is 10.0. The molecule has 0 aliphatic carbocycles. The number of nitrogens with one attached hydrogen (secondary N) is 1. The maximum absolute atomic E-state index is 5.77. The fourth-order valence-corrected chi connectivity index (χ4v) is 3.32. The molecule has 4 aromatic rings. The van der Waals surface area contributed by atoms with Gasteiger partial charge in [-0.15, -0.1) is 0 Å². The molecule has 27 heavy (non-hydrogen) atoms. The number of aromatic nitrogens is 5. The van der Waals surface area contributed by atoms with Gasteiger partial charge in [0.25, 0.3) is 0 Å². The molecule has 138 valence electrons. The van der Waals surface area contributed by atoms with Crippen LogP contribution in [0.3, 0.4) is 0 Å². The first-order chi connectivity index (χ1) is 13.2. The summed E-state index contributed by atoms with van der Waals surface area (Å²) in [5.74, 6) is 1.16. The monoisotopic (exact) mass is 361 g/mol. The zero-order valence-electron chi connectivity index (χ0n) is 15.6. The molecule has 0 spiro atoms. The molecule has 3 N–H and O–H groups in total. The van der Waals surface area contributed by atoms with Crippen LogP contribution in [0.25, 0.3) is 27.7 Å². The van der Waals surface area contributed by atoms with Crippen LogP contribution in [0.15, 0.2) is 36.8 Å². The molecule has 0 saturated carbocycles. The van der Waals surface area contributed by atoms with Gasteiger partial charge in [-0.05, 0) is 42.7 Å². The van der Waals surface area contributed by atoms with Crippen molar-refractivity contribution >= 4 is 28.2 Å². The fraction of sp³-hybridized carbons (Fsp3) is 0.300. The van der Waals surface area contributed by atoms with Crippen LogP contribution in [-0.4, -0.2) is 31.1 Å². The Bertz CT molecular complexity index is 1100. The molecule has 0 bridgehead atoms. The highest BCUT2D eigenvalue weighted by atomic mass is 15.3. The predicted molar refractivity (Wildman–Crippen MR) is 109 cm³/mol. The average Bonchev–Trinajstić information content (AvgIpc) is 3.12. The zero-order chi connectivity index (χ0) is 18.8. The summed E-state index contributed by atoms with van der Waals surface area (Å²) in [4.78, 5) is 13.0. The van der Waals surface area contributed by atoms with Gasteiger partial charge < -0.3 is 11.1 Å². The third-order valence-corrected chi connectivity index (χ3v) is 4.73. The minimum Gasteiger partial charge on any atom is -0.368 e. The van der Waals surface area contributed by atoms with Crippen LogP contribution in [0.2, 0.25) is 0 Å². The summed E-state index contributed by atoms with van der Waals surface area (Å²) in [6, 6.07) is 8.37. The van der Waals surface area contributed by atoms with Crippen LogP contribution in [0.4, 0.5) is 11.8 Å². The lowest BCUT2D eigenvalue weighted by Crippen LogP contribution is -2.06. The molecule has 0 atom stereocenters. The van der Waals surface area contributed by atoms with Gasteiger partial charge in [-0.2, -0.15) is 5.10 Å². The molecule has 0 radical (unpaired) electrons. The number of nitrogens with two attached hydrogens (primary N) is 1. The van der Waals surface area contributed by atoms with Crippen LogP contribution >= 0.6 is 0 Å². The highest BCUT2D eigenvalue weighted by Crippen LogP contribution is 2.29. The van der Waals surface area contributed by atoms with Crippen LogP contribution < -0.4 is 11.1 Å². The van der Waals surface area contributed by atoms with Crippen molar-refractivity contribution in [3.8, 4) is 11.3 Å². The smallest absolute Gasteiger partial charge is 0.220 e. The van der Waals surface area contributed by atoms with E-state index in [1.165, 1.54) is 0 Å². The van der Waals surface area contributed by atoms with E-state index in [0.717, 1.165) is 64.9 Å². The van der Waals surface area contributed by atoms with Crippen molar-refractivity contribution in [1.29, 1.82) is 0 Å². The van der Waals surface area contributed by atoms with E-state index in [9.17, 15) is 0 Å². The molecule has 0 fully saturated rings. The molecule has 0 saturated heterocycles. The molecule has 7 heteroatoms. The van der Waals surface area contributed by atoms with Gasteiger partial charge in [-0.1, -0.05) is 20.3 Å². The maximum atomic E-state index is 5.77. The van der Waals surface area contributed by atoms with E-state index in [1.807, 2.05) is 4.52 Å². The number of fused-ring (bicyclic) bond motifs is 2. The predicted octanol–water partition coefficient (Wildman–Crippen LogP) is 3.70. The van der Waals surface area contributed by atoms with Gasteiger partial charge in [-0.25, -0.2) is 19.5 Å².